The van der Waals surface area contributed by atoms with E-state index in [2.05, 4.69) is 24.4 Å². The van der Waals surface area contributed by atoms with E-state index in [1.165, 1.54) is 17.9 Å². The molecule has 0 aliphatic heterocycles. The Bertz CT molecular complexity index is 931. The zero-order valence-corrected chi connectivity index (χ0v) is 17.8. The molecule has 2 N–H and O–H groups in total. The van der Waals surface area contributed by atoms with Gasteiger partial charge in [0.2, 0.25) is 11.2 Å². The van der Waals surface area contributed by atoms with E-state index >= 15 is 0 Å². The molecule has 3 rings (SSSR count). The molecule has 0 fully saturated rings. The molecular formula is C24H28ClNO4. The van der Waals surface area contributed by atoms with Crippen LogP contribution in [0.3, 0.4) is 0 Å². The molecule has 30 heavy (non-hydrogen) atoms. The van der Waals surface area contributed by atoms with Gasteiger partial charge in [-0.15, -0.1) is 12.4 Å². The Morgan fingerprint density at radius 3 is 2.30 bits per heavy atom. The van der Waals surface area contributed by atoms with Crippen LogP contribution in [-0.2, 0) is 13.0 Å². The summed E-state index contributed by atoms with van der Waals surface area (Å²) in [6.45, 7) is 2.67. The average Bonchev–Trinajstić information content (AvgIpc) is 2.76. The maximum Gasteiger partial charge on any atom is 0.227 e. The van der Waals surface area contributed by atoms with Gasteiger partial charge in [0.25, 0.3) is 0 Å². The number of rotatable bonds is 10. The van der Waals surface area contributed by atoms with Crippen molar-refractivity contribution in [3.8, 4) is 5.75 Å². The second kappa shape index (κ2) is 12.2. The highest BCUT2D eigenvalue weighted by Crippen LogP contribution is 2.15. The predicted molar refractivity (Wildman–Crippen MR) is 120 cm³/mol. The number of nitrogens with one attached hydrogen (secondary N) is 1. The average molecular weight is 430 g/mol. The fourth-order valence-electron chi connectivity index (χ4n) is 2.97. The Morgan fingerprint density at radius 2 is 1.67 bits per heavy atom. The minimum Gasteiger partial charge on any atom is -0.482 e. The Kier molecular flexibility index (Phi) is 9.61. The molecule has 6 heteroatoms. The number of benzene rings is 2. The third-order valence-electron chi connectivity index (χ3n) is 4.75. The van der Waals surface area contributed by atoms with E-state index in [9.17, 15) is 9.90 Å². The van der Waals surface area contributed by atoms with Crippen LogP contribution in [0, 0.1) is 0 Å². The zero-order chi connectivity index (χ0) is 20.5. The number of aryl methyl sites for hydroxylation is 1. The number of ether oxygens (including phenoxy) is 1. The van der Waals surface area contributed by atoms with Crippen LogP contribution in [0.2, 0.25) is 0 Å². The van der Waals surface area contributed by atoms with Crippen LogP contribution in [0.4, 0.5) is 0 Å². The molecule has 0 amide bonds. The van der Waals surface area contributed by atoms with Crippen molar-refractivity contribution in [1.29, 1.82) is 0 Å². The largest absolute Gasteiger partial charge is 0.482 e. The lowest BCUT2D eigenvalue weighted by Gasteiger charge is -2.17. The maximum absolute atomic E-state index is 12.2. The summed E-state index contributed by atoms with van der Waals surface area (Å²) in [5.74, 6) is 0.360. The first-order valence-electron chi connectivity index (χ1n) is 9.86. The quantitative estimate of drug-likeness (QED) is 0.503. The Labute approximate surface area is 183 Å². The van der Waals surface area contributed by atoms with Gasteiger partial charge in [0, 0.05) is 18.7 Å². The van der Waals surface area contributed by atoms with Gasteiger partial charge in [-0.05, 0) is 30.9 Å². The second-order valence-electron chi connectivity index (χ2n) is 7.13. The highest BCUT2D eigenvalue weighted by molar-refractivity contribution is 5.85. The molecule has 1 heterocycles. The van der Waals surface area contributed by atoms with Crippen LogP contribution in [0.25, 0.3) is 0 Å². The number of hydrogen-bond acceptors (Lipinski definition) is 5. The molecule has 1 aromatic heterocycles. The summed E-state index contributed by atoms with van der Waals surface area (Å²) in [4.78, 5) is 12.2. The van der Waals surface area contributed by atoms with Crippen molar-refractivity contribution in [3.05, 3.63) is 100 Å². The van der Waals surface area contributed by atoms with Gasteiger partial charge in [0.1, 0.15) is 24.7 Å². The molecule has 0 aliphatic rings. The molecular weight excluding hydrogens is 402 g/mol. The van der Waals surface area contributed by atoms with Gasteiger partial charge in [-0.3, -0.25) is 4.79 Å². The van der Waals surface area contributed by atoms with Crippen LogP contribution in [0.1, 0.15) is 36.3 Å². The van der Waals surface area contributed by atoms with Gasteiger partial charge in [-0.2, -0.15) is 0 Å². The minimum absolute atomic E-state index is 0. The minimum atomic E-state index is -0.898. The van der Waals surface area contributed by atoms with Crippen LogP contribution >= 0.6 is 12.4 Å². The summed E-state index contributed by atoms with van der Waals surface area (Å²) in [5.41, 5.74) is 1.95. The number of aliphatic hydroxyl groups excluding tert-OH is 1. The van der Waals surface area contributed by atoms with E-state index in [0.29, 0.717) is 6.54 Å². The van der Waals surface area contributed by atoms with Crippen LogP contribution in [0.15, 0.2) is 82.2 Å². The fourth-order valence-corrected chi connectivity index (χ4v) is 2.97. The summed E-state index contributed by atoms with van der Waals surface area (Å²) >= 11 is 0. The second-order valence-corrected chi connectivity index (χ2v) is 7.13. The van der Waals surface area contributed by atoms with E-state index in [4.69, 9.17) is 9.15 Å². The zero-order valence-electron chi connectivity index (χ0n) is 17.0. The molecule has 0 spiro atoms. The lowest BCUT2D eigenvalue weighted by molar-refractivity contribution is 0.139. The Balaban J connectivity index is 0.00000320. The van der Waals surface area contributed by atoms with Gasteiger partial charge < -0.3 is 19.6 Å². The maximum atomic E-state index is 12.2. The SMILES string of the molecule is CC(CCc1ccccc1)NCC(O)c1cc(=O)c(OCc2ccccc2)co1.Cl. The topological polar surface area (TPSA) is 71.7 Å². The Hall–Kier alpha value is -2.60. The highest BCUT2D eigenvalue weighted by atomic mass is 35.5. The molecule has 0 saturated heterocycles. The molecule has 3 aromatic rings. The van der Waals surface area contributed by atoms with Crippen LogP contribution < -0.4 is 15.5 Å². The lowest BCUT2D eigenvalue weighted by Crippen LogP contribution is -2.31. The van der Waals surface area contributed by atoms with E-state index in [-0.39, 0.29) is 42.0 Å². The van der Waals surface area contributed by atoms with Gasteiger partial charge >= 0.3 is 0 Å². The van der Waals surface area contributed by atoms with Crippen molar-refractivity contribution in [3.63, 3.8) is 0 Å². The molecule has 0 saturated carbocycles. The molecule has 2 unspecified atom stereocenters. The first-order valence-corrected chi connectivity index (χ1v) is 9.86. The van der Waals surface area contributed by atoms with Gasteiger partial charge in [0.15, 0.2) is 0 Å². The lowest BCUT2D eigenvalue weighted by atomic mass is 10.1. The van der Waals surface area contributed by atoms with Gasteiger partial charge in [-0.25, -0.2) is 0 Å². The van der Waals surface area contributed by atoms with Gasteiger partial charge in [-0.1, -0.05) is 60.7 Å². The molecule has 2 aromatic carbocycles. The molecule has 0 bridgehead atoms. The predicted octanol–water partition coefficient (Wildman–Crippen LogP) is 4.28. The van der Waals surface area contributed by atoms with Crippen molar-refractivity contribution < 1.29 is 14.3 Å². The molecule has 160 valence electrons. The monoisotopic (exact) mass is 429 g/mol. The van der Waals surface area contributed by atoms with E-state index < -0.39 is 6.10 Å². The van der Waals surface area contributed by atoms with Crippen LogP contribution in [0.5, 0.6) is 5.75 Å². The van der Waals surface area contributed by atoms with Crippen molar-refractivity contribution in [2.24, 2.45) is 0 Å². The molecule has 0 radical (unpaired) electrons. The normalized spacial score (nSPS) is 12.6. The van der Waals surface area contributed by atoms with E-state index in [1.54, 1.807) is 0 Å². The van der Waals surface area contributed by atoms with Crippen molar-refractivity contribution in [2.45, 2.75) is 38.5 Å². The number of aliphatic hydroxyl groups is 1. The molecule has 5 nitrogen and oxygen atoms in total. The first kappa shape index (κ1) is 23.7. The molecule has 2 atom stereocenters. The Morgan fingerprint density at radius 1 is 1.03 bits per heavy atom. The summed E-state index contributed by atoms with van der Waals surface area (Å²) in [7, 11) is 0. The fraction of sp³-hybridized carbons (Fsp3) is 0.292. The van der Waals surface area contributed by atoms with E-state index in [1.807, 2.05) is 48.5 Å². The van der Waals surface area contributed by atoms with Crippen molar-refractivity contribution in [2.75, 3.05) is 6.54 Å². The summed E-state index contributed by atoms with van der Waals surface area (Å²) in [5, 5.41) is 13.6. The van der Waals surface area contributed by atoms with Crippen molar-refractivity contribution >= 4 is 12.4 Å². The summed E-state index contributed by atoms with van der Waals surface area (Å²) in [6.07, 6.45) is 2.29. The highest BCUT2D eigenvalue weighted by Gasteiger charge is 2.14. The van der Waals surface area contributed by atoms with E-state index in [0.717, 1.165) is 18.4 Å². The van der Waals surface area contributed by atoms with Crippen molar-refractivity contribution in [1.82, 2.24) is 5.32 Å². The number of hydrogen-bond donors (Lipinski definition) is 2. The van der Waals surface area contributed by atoms with Gasteiger partial charge in [0.05, 0.1) is 0 Å². The summed E-state index contributed by atoms with van der Waals surface area (Å²) < 4.78 is 11.0. The smallest absolute Gasteiger partial charge is 0.227 e. The standard InChI is InChI=1S/C24H27NO4.ClH/c1-18(12-13-19-8-4-2-5-9-19)25-15-22(27)23-14-21(26)24(17-29-23)28-16-20-10-6-3-7-11-20;/h2-11,14,17-18,22,25,27H,12-13,15-16H2,1H3;1H. The third kappa shape index (κ3) is 7.34. The summed E-state index contributed by atoms with van der Waals surface area (Å²) in [6, 6.07) is 21.4. The first-order chi connectivity index (χ1) is 14.1. The van der Waals surface area contributed by atoms with Crippen LogP contribution in [-0.4, -0.2) is 17.7 Å². The third-order valence-corrected chi connectivity index (χ3v) is 4.75. The molecule has 0 aliphatic carbocycles. The number of halogens is 1.